The molecule has 2 aromatic rings. The Morgan fingerprint density at radius 1 is 1.16 bits per heavy atom. The summed E-state index contributed by atoms with van der Waals surface area (Å²) in [4.78, 5) is 0. The maximum absolute atomic E-state index is 5.94. The summed E-state index contributed by atoms with van der Waals surface area (Å²) in [6.07, 6.45) is -0.231. The molecule has 0 aromatic heterocycles. The van der Waals surface area contributed by atoms with E-state index in [1.165, 1.54) is 0 Å². The van der Waals surface area contributed by atoms with Crippen LogP contribution in [0.15, 0.2) is 53.0 Å². The Labute approximate surface area is 121 Å². The van der Waals surface area contributed by atoms with Crippen LogP contribution >= 0.6 is 15.9 Å². The Morgan fingerprint density at radius 3 is 2.63 bits per heavy atom. The predicted octanol–water partition coefficient (Wildman–Crippen LogP) is 3.54. The highest BCUT2D eigenvalue weighted by molar-refractivity contribution is 9.10. The quantitative estimate of drug-likeness (QED) is 0.916. The molecule has 1 unspecified atom stereocenters. The van der Waals surface area contributed by atoms with E-state index in [-0.39, 0.29) is 6.10 Å². The molecule has 0 aliphatic rings. The second kappa shape index (κ2) is 6.59. The molecule has 0 aliphatic heterocycles. The number of rotatable bonds is 5. The molecule has 0 fully saturated rings. The third-order valence-electron chi connectivity index (χ3n) is 2.77. The minimum absolute atomic E-state index is 0.231. The van der Waals surface area contributed by atoms with Crippen molar-refractivity contribution in [2.75, 3.05) is 13.7 Å². The topological polar surface area (TPSA) is 44.5 Å². The summed E-state index contributed by atoms with van der Waals surface area (Å²) in [7, 11) is 1.64. The summed E-state index contributed by atoms with van der Waals surface area (Å²) in [6, 6.07) is 15.4. The van der Waals surface area contributed by atoms with Crippen molar-refractivity contribution >= 4 is 15.9 Å². The fourth-order valence-corrected chi connectivity index (χ4v) is 2.25. The van der Waals surface area contributed by atoms with Gasteiger partial charge in [0, 0.05) is 16.6 Å². The van der Waals surface area contributed by atoms with Gasteiger partial charge in [-0.1, -0.05) is 40.2 Å². The first-order valence-electron chi connectivity index (χ1n) is 6.00. The van der Waals surface area contributed by atoms with Gasteiger partial charge in [0.25, 0.3) is 0 Å². The van der Waals surface area contributed by atoms with Crippen molar-refractivity contribution < 1.29 is 9.47 Å². The van der Waals surface area contributed by atoms with Gasteiger partial charge in [0.15, 0.2) is 0 Å². The zero-order valence-corrected chi connectivity index (χ0v) is 12.3. The summed E-state index contributed by atoms with van der Waals surface area (Å²) in [5.41, 5.74) is 6.77. The first-order chi connectivity index (χ1) is 9.24. The summed E-state index contributed by atoms with van der Waals surface area (Å²) >= 11 is 3.42. The van der Waals surface area contributed by atoms with Crippen molar-refractivity contribution in [3.63, 3.8) is 0 Å². The maximum atomic E-state index is 5.94. The maximum Gasteiger partial charge on any atom is 0.139 e. The van der Waals surface area contributed by atoms with Crippen LogP contribution in [0.2, 0.25) is 0 Å². The lowest BCUT2D eigenvalue weighted by Gasteiger charge is -2.20. The Kier molecular flexibility index (Phi) is 4.82. The predicted molar refractivity (Wildman–Crippen MR) is 79.6 cm³/mol. The van der Waals surface area contributed by atoms with Crippen LogP contribution in [-0.2, 0) is 0 Å². The molecule has 0 saturated carbocycles. The van der Waals surface area contributed by atoms with Crippen LogP contribution in [-0.4, -0.2) is 13.7 Å². The molecule has 1 atom stereocenters. The molecular weight excluding hydrogens is 306 g/mol. The van der Waals surface area contributed by atoms with Gasteiger partial charge in [-0.05, 0) is 24.3 Å². The summed E-state index contributed by atoms with van der Waals surface area (Å²) in [5, 5.41) is 0. The summed E-state index contributed by atoms with van der Waals surface area (Å²) in [6.45, 7) is 0.382. The van der Waals surface area contributed by atoms with E-state index >= 15 is 0 Å². The van der Waals surface area contributed by atoms with Crippen molar-refractivity contribution in [3.05, 3.63) is 58.6 Å². The number of nitrogens with two attached hydrogens (primary N) is 1. The van der Waals surface area contributed by atoms with Crippen molar-refractivity contribution in [1.29, 1.82) is 0 Å². The highest BCUT2D eigenvalue weighted by atomic mass is 79.9. The lowest BCUT2D eigenvalue weighted by atomic mass is 10.1. The summed E-state index contributed by atoms with van der Waals surface area (Å²) < 4.78 is 12.3. The average Bonchev–Trinajstić information content (AvgIpc) is 2.45. The van der Waals surface area contributed by atoms with Crippen molar-refractivity contribution in [1.82, 2.24) is 0 Å². The van der Waals surface area contributed by atoms with Gasteiger partial charge in [0.2, 0.25) is 0 Å². The van der Waals surface area contributed by atoms with Gasteiger partial charge >= 0.3 is 0 Å². The summed E-state index contributed by atoms with van der Waals surface area (Å²) in [5.74, 6) is 1.56. The molecule has 0 heterocycles. The van der Waals surface area contributed by atoms with Gasteiger partial charge in [-0.3, -0.25) is 0 Å². The second-order valence-electron chi connectivity index (χ2n) is 4.04. The minimum atomic E-state index is -0.231. The molecule has 4 heteroatoms. The average molecular weight is 322 g/mol. The molecule has 0 aliphatic carbocycles. The lowest BCUT2D eigenvalue weighted by Crippen LogP contribution is -2.19. The number of para-hydroxylation sites is 1. The zero-order chi connectivity index (χ0) is 13.7. The van der Waals surface area contributed by atoms with E-state index in [4.69, 9.17) is 15.2 Å². The van der Waals surface area contributed by atoms with Crippen molar-refractivity contribution in [2.45, 2.75) is 6.10 Å². The zero-order valence-electron chi connectivity index (χ0n) is 10.7. The van der Waals surface area contributed by atoms with Crippen LogP contribution in [0.4, 0.5) is 0 Å². The van der Waals surface area contributed by atoms with Crippen LogP contribution in [0.5, 0.6) is 11.5 Å². The van der Waals surface area contributed by atoms with E-state index < -0.39 is 0 Å². The molecule has 100 valence electrons. The number of benzene rings is 2. The van der Waals surface area contributed by atoms with Crippen LogP contribution in [0.3, 0.4) is 0 Å². The lowest BCUT2D eigenvalue weighted by molar-refractivity contribution is 0.209. The standard InChI is InChI=1S/C15H16BrNO2/c1-18-14-8-3-2-7-13(14)15(10-17)19-12-6-4-5-11(16)9-12/h2-9,15H,10,17H2,1H3. The first kappa shape index (κ1) is 13.9. The highest BCUT2D eigenvalue weighted by Crippen LogP contribution is 2.29. The fourth-order valence-electron chi connectivity index (χ4n) is 1.88. The Morgan fingerprint density at radius 2 is 1.95 bits per heavy atom. The Hall–Kier alpha value is -1.52. The molecule has 19 heavy (non-hydrogen) atoms. The molecule has 3 nitrogen and oxygen atoms in total. The minimum Gasteiger partial charge on any atom is -0.496 e. The first-order valence-corrected chi connectivity index (χ1v) is 6.79. The third-order valence-corrected chi connectivity index (χ3v) is 3.27. The van der Waals surface area contributed by atoms with Gasteiger partial charge in [0.05, 0.1) is 7.11 Å². The monoisotopic (exact) mass is 321 g/mol. The van der Waals surface area contributed by atoms with E-state index in [9.17, 15) is 0 Å². The number of hydrogen-bond acceptors (Lipinski definition) is 3. The van der Waals surface area contributed by atoms with Crippen LogP contribution in [0, 0.1) is 0 Å². The van der Waals surface area contributed by atoms with E-state index in [2.05, 4.69) is 15.9 Å². The van der Waals surface area contributed by atoms with E-state index in [0.29, 0.717) is 6.54 Å². The van der Waals surface area contributed by atoms with Gasteiger partial charge < -0.3 is 15.2 Å². The van der Waals surface area contributed by atoms with Gasteiger partial charge in [-0.2, -0.15) is 0 Å². The smallest absolute Gasteiger partial charge is 0.139 e. The molecule has 0 saturated heterocycles. The van der Waals surface area contributed by atoms with Crippen LogP contribution < -0.4 is 15.2 Å². The molecule has 2 N–H and O–H groups in total. The third kappa shape index (κ3) is 3.49. The van der Waals surface area contributed by atoms with Gasteiger partial charge in [-0.15, -0.1) is 0 Å². The van der Waals surface area contributed by atoms with Crippen LogP contribution in [0.25, 0.3) is 0 Å². The molecule has 0 amide bonds. The molecule has 2 aromatic carbocycles. The molecular formula is C15H16BrNO2. The van der Waals surface area contributed by atoms with Crippen molar-refractivity contribution in [3.8, 4) is 11.5 Å². The Bertz CT molecular complexity index is 545. The van der Waals surface area contributed by atoms with Gasteiger partial charge in [-0.25, -0.2) is 0 Å². The van der Waals surface area contributed by atoms with Gasteiger partial charge in [0.1, 0.15) is 17.6 Å². The van der Waals surface area contributed by atoms with E-state index in [1.807, 2.05) is 48.5 Å². The Balaban J connectivity index is 2.25. The number of halogens is 1. The van der Waals surface area contributed by atoms with E-state index in [0.717, 1.165) is 21.5 Å². The molecule has 0 spiro atoms. The normalized spacial score (nSPS) is 11.9. The fraction of sp³-hybridized carbons (Fsp3) is 0.200. The molecule has 0 bridgehead atoms. The molecule has 2 rings (SSSR count). The number of ether oxygens (including phenoxy) is 2. The molecule has 0 radical (unpaired) electrons. The van der Waals surface area contributed by atoms with Crippen LogP contribution in [0.1, 0.15) is 11.7 Å². The van der Waals surface area contributed by atoms with E-state index in [1.54, 1.807) is 7.11 Å². The number of methoxy groups -OCH3 is 1. The van der Waals surface area contributed by atoms with Crippen molar-refractivity contribution in [2.24, 2.45) is 5.73 Å². The largest absolute Gasteiger partial charge is 0.496 e. The second-order valence-corrected chi connectivity index (χ2v) is 4.96. The highest BCUT2D eigenvalue weighted by Gasteiger charge is 2.16. The SMILES string of the molecule is COc1ccccc1C(CN)Oc1cccc(Br)c1. The number of hydrogen-bond donors (Lipinski definition) is 1.